The number of halogens is 4. The highest BCUT2D eigenvalue weighted by molar-refractivity contribution is 6.33. The number of benzene rings is 2. The lowest BCUT2D eigenvalue weighted by atomic mass is 10.1. The predicted molar refractivity (Wildman–Crippen MR) is 237 cm³/mol. The third-order valence-corrected chi connectivity index (χ3v) is 12.3. The summed E-state index contributed by atoms with van der Waals surface area (Å²) in [7, 11) is 3.19. The Morgan fingerprint density at radius 2 is 1.15 bits per heavy atom. The Kier molecular flexibility index (Phi) is 14.9. The molecule has 0 unspecified atom stereocenters. The van der Waals surface area contributed by atoms with Gasteiger partial charge >= 0.3 is 0 Å². The number of rotatable bonds is 10. The molecule has 2 saturated heterocycles. The van der Waals surface area contributed by atoms with Gasteiger partial charge in [0.15, 0.2) is 0 Å². The van der Waals surface area contributed by atoms with Crippen LogP contribution in [0, 0.1) is 13.8 Å². The maximum absolute atomic E-state index is 13.1. The van der Waals surface area contributed by atoms with Crippen molar-refractivity contribution in [1.29, 1.82) is 0 Å². The van der Waals surface area contributed by atoms with E-state index in [1.165, 1.54) is 4.68 Å². The molecule has 2 aliphatic rings. The van der Waals surface area contributed by atoms with Crippen molar-refractivity contribution in [3.05, 3.63) is 79.3 Å². The number of aryl methyl sites for hydroxylation is 1. The molecule has 0 spiro atoms. The number of aromatic nitrogens is 4. The van der Waals surface area contributed by atoms with Crippen LogP contribution in [-0.4, -0.2) is 117 Å². The second-order valence-electron chi connectivity index (χ2n) is 16.3. The Morgan fingerprint density at radius 1 is 0.700 bits per heavy atom. The molecule has 0 aliphatic carbocycles. The fraction of sp³-hybridized carbons (Fsp3) is 0.524. The number of aliphatic hydroxyl groups is 2. The smallest absolute Gasteiger partial charge is 0.244 e. The van der Waals surface area contributed by atoms with Gasteiger partial charge in [0.2, 0.25) is 11.8 Å². The third kappa shape index (κ3) is 10.6. The summed E-state index contributed by atoms with van der Waals surface area (Å²) < 4.78 is 13.7. The number of hydrogen-bond donors (Lipinski definition) is 2. The molecule has 60 heavy (non-hydrogen) atoms. The molecule has 0 radical (unpaired) electrons. The Morgan fingerprint density at radius 3 is 1.53 bits per heavy atom. The van der Waals surface area contributed by atoms with Gasteiger partial charge in [-0.05, 0) is 79.7 Å². The monoisotopic (exact) mass is 908 g/mol. The van der Waals surface area contributed by atoms with Gasteiger partial charge in [0.1, 0.15) is 41.5 Å². The number of ether oxygens (including phenoxy) is 2. The molecular weight excluding hydrogens is 854 g/mol. The van der Waals surface area contributed by atoms with Crippen molar-refractivity contribution in [2.75, 3.05) is 63.3 Å². The van der Waals surface area contributed by atoms with E-state index in [4.69, 9.17) is 55.9 Å². The minimum absolute atomic E-state index is 0.00522. The van der Waals surface area contributed by atoms with Crippen LogP contribution in [0.25, 0.3) is 0 Å². The second kappa shape index (κ2) is 19.0. The van der Waals surface area contributed by atoms with E-state index in [1.807, 2.05) is 60.0 Å². The van der Waals surface area contributed by atoms with Crippen molar-refractivity contribution in [1.82, 2.24) is 29.4 Å². The van der Waals surface area contributed by atoms with Crippen molar-refractivity contribution in [3.63, 3.8) is 0 Å². The molecule has 0 saturated carbocycles. The maximum atomic E-state index is 13.1. The van der Waals surface area contributed by atoms with Gasteiger partial charge in [0.25, 0.3) is 0 Å². The Labute approximate surface area is 372 Å². The SMILES string of the molecule is COc1cc(N2CCN(C(=O)Cn3nc(C(C)(C)O)c(Cl)c3C)[C@@H](C)C2)ccc1Cl.COc1cc(N2CCN(C(=O)Cn3nc(C)c(Cl)c3C(C)(C)O)[C@@H](C)C2)ccc1Cl. The normalized spacial score (nSPS) is 17.4. The van der Waals surface area contributed by atoms with Crippen LogP contribution >= 0.6 is 46.4 Å². The first-order valence-electron chi connectivity index (χ1n) is 19.7. The Hall–Kier alpha value is -3.92. The molecule has 18 heteroatoms. The van der Waals surface area contributed by atoms with Crippen LogP contribution in [0.2, 0.25) is 20.1 Å². The zero-order valence-electron chi connectivity index (χ0n) is 35.9. The van der Waals surface area contributed by atoms with Crippen molar-refractivity contribution >= 4 is 69.6 Å². The summed E-state index contributed by atoms with van der Waals surface area (Å²) in [6.07, 6.45) is 0. The highest BCUT2D eigenvalue weighted by atomic mass is 35.5. The minimum atomic E-state index is -1.20. The topological polar surface area (TPSA) is 142 Å². The third-order valence-electron chi connectivity index (χ3n) is 10.8. The Balaban J connectivity index is 0.000000228. The zero-order valence-corrected chi connectivity index (χ0v) is 38.9. The molecule has 6 rings (SSSR count). The standard InChI is InChI=1S/2C21H28Cl2N4O3/c1-13-11-25(15-6-7-16(22)17(10-15)30-5)8-9-26(13)18(28)12-27-14(2)19(23)20(24-27)21(3,4)29;1-13-11-25(15-6-7-16(22)17(10-15)30-5)8-9-26(13)18(28)12-27-20(21(3,4)29)19(23)14(2)24-27/h2*6-7,10,13,29H,8-9,11-12H2,1-5H3/t2*13-/m00/s1. The van der Waals surface area contributed by atoms with E-state index in [-0.39, 0.29) is 37.0 Å². The number of amides is 2. The van der Waals surface area contributed by atoms with Crippen LogP contribution in [-0.2, 0) is 33.9 Å². The molecule has 2 aromatic carbocycles. The highest BCUT2D eigenvalue weighted by Crippen LogP contribution is 2.34. The molecule has 2 aliphatic heterocycles. The minimum Gasteiger partial charge on any atom is -0.495 e. The van der Waals surface area contributed by atoms with Gasteiger partial charge in [-0.15, -0.1) is 0 Å². The first-order valence-corrected chi connectivity index (χ1v) is 21.2. The lowest BCUT2D eigenvalue weighted by molar-refractivity contribution is -0.135. The van der Waals surface area contributed by atoms with Crippen molar-refractivity contribution in [2.45, 2.75) is 91.8 Å². The lowest BCUT2D eigenvalue weighted by Crippen LogP contribution is -2.55. The van der Waals surface area contributed by atoms with Gasteiger partial charge in [0.05, 0.1) is 51.4 Å². The first kappa shape index (κ1) is 47.1. The summed E-state index contributed by atoms with van der Waals surface area (Å²) in [6.45, 7) is 18.2. The number of methoxy groups -OCH3 is 2. The largest absolute Gasteiger partial charge is 0.495 e. The Bertz CT molecular complexity index is 2180. The van der Waals surface area contributed by atoms with E-state index in [0.29, 0.717) is 93.6 Å². The fourth-order valence-corrected chi connectivity index (χ4v) is 8.70. The van der Waals surface area contributed by atoms with E-state index in [0.717, 1.165) is 11.4 Å². The molecule has 328 valence electrons. The van der Waals surface area contributed by atoms with Crippen LogP contribution in [0.3, 0.4) is 0 Å². The molecule has 2 fully saturated rings. The molecule has 2 N–H and O–H groups in total. The molecule has 2 aromatic heterocycles. The van der Waals surface area contributed by atoms with E-state index in [9.17, 15) is 19.8 Å². The van der Waals surface area contributed by atoms with Crippen LogP contribution < -0.4 is 19.3 Å². The van der Waals surface area contributed by atoms with Crippen LogP contribution in [0.15, 0.2) is 36.4 Å². The first-order chi connectivity index (χ1) is 28.0. The summed E-state index contributed by atoms with van der Waals surface area (Å²) in [5.74, 6) is 1.18. The van der Waals surface area contributed by atoms with Gasteiger partial charge < -0.3 is 39.3 Å². The van der Waals surface area contributed by atoms with Crippen LogP contribution in [0.4, 0.5) is 11.4 Å². The van der Waals surface area contributed by atoms with E-state index in [2.05, 4.69) is 20.0 Å². The van der Waals surface area contributed by atoms with Crippen molar-refractivity contribution < 1.29 is 29.3 Å². The number of hydrogen-bond acceptors (Lipinski definition) is 10. The molecular formula is C42H56Cl4N8O6. The van der Waals surface area contributed by atoms with E-state index >= 15 is 0 Å². The molecule has 4 aromatic rings. The lowest BCUT2D eigenvalue weighted by Gasteiger charge is -2.41. The molecule has 0 bridgehead atoms. The summed E-state index contributed by atoms with van der Waals surface area (Å²) in [5.41, 5.74) is 1.75. The van der Waals surface area contributed by atoms with Crippen molar-refractivity contribution in [3.8, 4) is 11.5 Å². The quantitative estimate of drug-likeness (QED) is 0.172. The van der Waals surface area contributed by atoms with Gasteiger partial charge in [-0.2, -0.15) is 10.2 Å². The van der Waals surface area contributed by atoms with E-state index in [1.54, 1.807) is 60.4 Å². The molecule has 2 amide bonds. The summed E-state index contributed by atoms with van der Waals surface area (Å²) >= 11 is 24.9. The summed E-state index contributed by atoms with van der Waals surface area (Å²) in [6, 6.07) is 11.4. The number of carbonyl (C=O) groups is 2. The van der Waals surface area contributed by atoms with Gasteiger partial charge in [-0.25, -0.2) is 0 Å². The second-order valence-corrected chi connectivity index (χ2v) is 17.9. The summed E-state index contributed by atoms with van der Waals surface area (Å²) in [4.78, 5) is 34.2. The average molecular weight is 911 g/mol. The number of nitrogens with zero attached hydrogens (tertiary/aromatic N) is 8. The molecule has 4 heterocycles. The van der Waals surface area contributed by atoms with Gasteiger partial charge in [-0.3, -0.25) is 19.0 Å². The average Bonchev–Trinajstić information content (AvgIpc) is 3.63. The van der Waals surface area contributed by atoms with Crippen LogP contribution in [0.1, 0.15) is 64.3 Å². The van der Waals surface area contributed by atoms with E-state index < -0.39 is 11.2 Å². The fourth-order valence-electron chi connectivity index (χ4n) is 7.58. The van der Waals surface area contributed by atoms with Gasteiger partial charge in [0, 0.05) is 74.9 Å². The van der Waals surface area contributed by atoms with Crippen molar-refractivity contribution in [2.24, 2.45) is 0 Å². The number of piperazine rings is 2. The number of carbonyl (C=O) groups excluding carboxylic acids is 2. The summed E-state index contributed by atoms with van der Waals surface area (Å²) in [5, 5.41) is 31.4. The molecule has 14 nitrogen and oxygen atoms in total. The predicted octanol–water partition coefficient (Wildman–Crippen LogP) is 6.94. The van der Waals surface area contributed by atoms with Gasteiger partial charge in [-0.1, -0.05) is 46.4 Å². The zero-order chi connectivity index (χ0) is 44.4. The maximum Gasteiger partial charge on any atom is 0.244 e. The van der Waals surface area contributed by atoms with Crippen LogP contribution in [0.5, 0.6) is 11.5 Å². The number of anilines is 2. The highest BCUT2D eigenvalue weighted by Gasteiger charge is 2.33. The molecule has 2 atom stereocenters.